The highest BCUT2D eigenvalue weighted by atomic mass is 32.2. The summed E-state index contributed by atoms with van der Waals surface area (Å²) >= 11 is 0. The first-order valence-corrected chi connectivity index (χ1v) is 10.0. The van der Waals surface area contributed by atoms with Crippen molar-refractivity contribution in [3.63, 3.8) is 0 Å². The molecule has 8 heteroatoms. The van der Waals surface area contributed by atoms with Crippen molar-refractivity contribution in [1.82, 2.24) is 4.72 Å². The van der Waals surface area contributed by atoms with Crippen LogP contribution in [0.5, 0.6) is 11.5 Å². The third-order valence-corrected chi connectivity index (χ3v) is 5.74. The number of carboxylic acid groups (broad SMARTS) is 1. The van der Waals surface area contributed by atoms with E-state index in [0.29, 0.717) is 50.4 Å². The largest absolute Gasteiger partial charge is 0.490 e. The van der Waals surface area contributed by atoms with Gasteiger partial charge in [-0.3, -0.25) is 4.79 Å². The van der Waals surface area contributed by atoms with Crippen LogP contribution in [0.2, 0.25) is 0 Å². The zero-order valence-electron chi connectivity index (χ0n) is 14.5. The van der Waals surface area contributed by atoms with Gasteiger partial charge in [0.2, 0.25) is 10.0 Å². The molecule has 1 saturated carbocycles. The summed E-state index contributed by atoms with van der Waals surface area (Å²) in [5, 5.41) is 9.02. The summed E-state index contributed by atoms with van der Waals surface area (Å²) in [7, 11) is -3.70. The molecular formula is C17H25NO6S. The van der Waals surface area contributed by atoms with Crippen molar-refractivity contribution < 1.29 is 27.8 Å². The Hall–Kier alpha value is -1.80. The number of carboxylic acids is 1. The zero-order valence-corrected chi connectivity index (χ0v) is 15.3. The molecule has 0 radical (unpaired) electrons. The van der Waals surface area contributed by atoms with Crippen LogP contribution in [0.4, 0.5) is 0 Å². The van der Waals surface area contributed by atoms with E-state index in [4.69, 9.17) is 14.6 Å². The third-order valence-electron chi connectivity index (χ3n) is 4.22. The van der Waals surface area contributed by atoms with Gasteiger partial charge < -0.3 is 14.6 Å². The van der Waals surface area contributed by atoms with E-state index < -0.39 is 16.0 Å². The Morgan fingerprint density at radius 3 is 2.28 bits per heavy atom. The predicted molar refractivity (Wildman–Crippen MR) is 92.5 cm³/mol. The van der Waals surface area contributed by atoms with Crippen molar-refractivity contribution in [3.8, 4) is 11.5 Å². The van der Waals surface area contributed by atoms with E-state index >= 15 is 0 Å². The first-order valence-electron chi connectivity index (χ1n) is 8.52. The quantitative estimate of drug-likeness (QED) is 0.727. The maximum absolute atomic E-state index is 12.6. The smallest absolute Gasteiger partial charge is 0.306 e. The highest BCUT2D eigenvalue weighted by molar-refractivity contribution is 7.89. The average Bonchev–Trinajstić information content (AvgIpc) is 2.57. The number of sulfonamides is 1. The van der Waals surface area contributed by atoms with Crippen LogP contribution in [-0.2, 0) is 14.8 Å². The molecule has 0 atom stereocenters. The van der Waals surface area contributed by atoms with Gasteiger partial charge in [-0.2, -0.15) is 0 Å². The lowest BCUT2D eigenvalue weighted by Gasteiger charge is -2.26. The molecule has 7 nitrogen and oxygen atoms in total. The molecule has 0 aliphatic heterocycles. The third kappa shape index (κ3) is 5.09. The molecule has 1 aliphatic rings. The second-order valence-electron chi connectivity index (χ2n) is 5.98. The highest BCUT2D eigenvalue weighted by Gasteiger charge is 2.29. The van der Waals surface area contributed by atoms with Crippen LogP contribution < -0.4 is 14.2 Å². The number of benzene rings is 1. The fourth-order valence-corrected chi connectivity index (χ4v) is 4.26. The van der Waals surface area contributed by atoms with Gasteiger partial charge in [-0.05, 0) is 51.7 Å². The summed E-state index contributed by atoms with van der Waals surface area (Å²) in [6.07, 6.45) is 2.00. The first-order chi connectivity index (χ1) is 11.9. The zero-order chi connectivity index (χ0) is 18.4. The van der Waals surface area contributed by atoms with E-state index in [0.717, 1.165) is 0 Å². The molecule has 1 aromatic carbocycles. The fraction of sp³-hybridized carbons (Fsp3) is 0.588. The second kappa shape index (κ2) is 8.53. The highest BCUT2D eigenvalue weighted by Crippen LogP contribution is 2.31. The van der Waals surface area contributed by atoms with Gasteiger partial charge in [-0.1, -0.05) is 0 Å². The topological polar surface area (TPSA) is 102 Å². The number of carbonyl (C=O) groups is 1. The van der Waals surface area contributed by atoms with Gasteiger partial charge in [-0.25, -0.2) is 13.1 Å². The lowest BCUT2D eigenvalue weighted by Crippen LogP contribution is -2.38. The normalized spacial score (nSPS) is 20.9. The van der Waals surface area contributed by atoms with Crippen LogP contribution in [-0.4, -0.2) is 38.7 Å². The monoisotopic (exact) mass is 371 g/mol. The van der Waals surface area contributed by atoms with E-state index in [9.17, 15) is 13.2 Å². The Morgan fingerprint density at radius 2 is 1.72 bits per heavy atom. The number of hydrogen-bond donors (Lipinski definition) is 2. The molecule has 0 aromatic heterocycles. The molecule has 0 saturated heterocycles. The van der Waals surface area contributed by atoms with E-state index in [2.05, 4.69) is 4.72 Å². The van der Waals surface area contributed by atoms with Crippen LogP contribution in [0.1, 0.15) is 39.5 Å². The number of nitrogens with one attached hydrogen (secondary N) is 1. The molecule has 0 bridgehead atoms. The fourth-order valence-electron chi connectivity index (χ4n) is 2.94. The van der Waals surface area contributed by atoms with Crippen molar-refractivity contribution >= 4 is 16.0 Å². The van der Waals surface area contributed by atoms with Gasteiger partial charge in [0.25, 0.3) is 0 Å². The molecule has 140 valence electrons. The number of aliphatic carboxylic acids is 1. The van der Waals surface area contributed by atoms with Gasteiger partial charge in [0, 0.05) is 12.1 Å². The number of hydrogen-bond acceptors (Lipinski definition) is 5. The van der Waals surface area contributed by atoms with Crippen molar-refractivity contribution in [2.75, 3.05) is 13.2 Å². The van der Waals surface area contributed by atoms with Crippen molar-refractivity contribution in [2.45, 2.75) is 50.5 Å². The minimum Gasteiger partial charge on any atom is -0.490 e. The van der Waals surface area contributed by atoms with Gasteiger partial charge in [0.05, 0.1) is 24.0 Å². The molecule has 0 amide bonds. The Morgan fingerprint density at radius 1 is 1.12 bits per heavy atom. The summed E-state index contributed by atoms with van der Waals surface area (Å²) in [4.78, 5) is 11.1. The van der Waals surface area contributed by atoms with Gasteiger partial charge >= 0.3 is 5.97 Å². The summed E-state index contributed by atoms with van der Waals surface area (Å²) in [6, 6.07) is 4.28. The molecule has 0 unspecified atom stereocenters. The van der Waals surface area contributed by atoms with Crippen LogP contribution in [0.15, 0.2) is 23.1 Å². The molecular weight excluding hydrogens is 346 g/mol. The van der Waals surface area contributed by atoms with E-state index in [1.165, 1.54) is 12.1 Å². The first kappa shape index (κ1) is 19.5. The van der Waals surface area contributed by atoms with Gasteiger partial charge in [0.15, 0.2) is 11.5 Å². The summed E-state index contributed by atoms with van der Waals surface area (Å²) in [5.74, 6) is -0.294. The van der Waals surface area contributed by atoms with Crippen LogP contribution in [0.3, 0.4) is 0 Å². The van der Waals surface area contributed by atoms with Crippen molar-refractivity contribution in [2.24, 2.45) is 5.92 Å². The Labute approximate surface area is 148 Å². The standard InChI is InChI=1S/C17H25NO6S/c1-3-23-15-10-9-14(11-16(15)24-4-2)25(21,22)18-13-7-5-12(6-8-13)17(19)20/h9-13,18H,3-8H2,1-2H3,(H,19,20). The molecule has 1 aliphatic carbocycles. The predicted octanol–water partition coefficient (Wildman–Crippen LogP) is 2.41. The second-order valence-corrected chi connectivity index (χ2v) is 7.70. The van der Waals surface area contributed by atoms with Crippen LogP contribution in [0.25, 0.3) is 0 Å². The molecule has 0 spiro atoms. The average molecular weight is 371 g/mol. The molecule has 1 aromatic rings. The van der Waals surface area contributed by atoms with E-state index in [1.807, 2.05) is 13.8 Å². The number of rotatable bonds is 8. The molecule has 0 heterocycles. The Kier molecular flexibility index (Phi) is 6.66. The number of ether oxygens (including phenoxy) is 2. The lowest BCUT2D eigenvalue weighted by molar-refractivity contribution is -0.142. The molecule has 1 fully saturated rings. The summed E-state index contributed by atoms with van der Waals surface area (Å²) in [6.45, 7) is 4.51. The van der Waals surface area contributed by atoms with Crippen molar-refractivity contribution in [1.29, 1.82) is 0 Å². The van der Waals surface area contributed by atoms with Crippen LogP contribution in [0, 0.1) is 5.92 Å². The minimum absolute atomic E-state index is 0.111. The Balaban J connectivity index is 2.11. The van der Waals surface area contributed by atoms with E-state index in [-0.39, 0.29) is 16.9 Å². The molecule has 2 N–H and O–H groups in total. The molecule has 25 heavy (non-hydrogen) atoms. The summed E-state index contributed by atoms with van der Waals surface area (Å²) < 4.78 is 38.8. The van der Waals surface area contributed by atoms with Gasteiger partial charge in [0.1, 0.15) is 0 Å². The summed E-state index contributed by atoms with van der Waals surface area (Å²) in [5.41, 5.74) is 0. The van der Waals surface area contributed by atoms with E-state index in [1.54, 1.807) is 6.07 Å². The maximum atomic E-state index is 12.6. The molecule has 2 rings (SSSR count). The van der Waals surface area contributed by atoms with Crippen LogP contribution >= 0.6 is 0 Å². The van der Waals surface area contributed by atoms with Crippen molar-refractivity contribution in [3.05, 3.63) is 18.2 Å². The Bertz CT molecular complexity index is 695. The van der Waals surface area contributed by atoms with Gasteiger partial charge in [-0.15, -0.1) is 0 Å². The SMILES string of the molecule is CCOc1ccc(S(=O)(=O)NC2CCC(C(=O)O)CC2)cc1OCC. The lowest BCUT2D eigenvalue weighted by atomic mass is 9.87. The minimum atomic E-state index is -3.70. The maximum Gasteiger partial charge on any atom is 0.306 e.